The third kappa shape index (κ3) is 2.96. The highest BCUT2D eigenvalue weighted by Crippen LogP contribution is 2.24. The average molecular weight is 211 g/mol. The van der Waals surface area contributed by atoms with Gasteiger partial charge in [0, 0.05) is 23.1 Å². The van der Waals surface area contributed by atoms with Gasteiger partial charge in [0.25, 0.3) is 0 Å². The highest BCUT2D eigenvalue weighted by Gasteiger charge is 2.06. The van der Waals surface area contributed by atoms with Gasteiger partial charge >= 0.3 is 5.97 Å². The van der Waals surface area contributed by atoms with Crippen molar-refractivity contribution in [1.29, 1.82) is 0 Å². The molecule has 3 nitrogen and oxygen atoms in total. The van der Waals surface area contributed by atoms with Crippen LogP contribution in [0, 0.1) is 0 Å². The Morgan fingerprint density at radius 1 is 1.79 bits per heavy atom. The lowest BCUT2D eigenvalue weighted by Gasteiger charge is -2.00. The summed E-state index contributed by atoms with van der Waals surface area (Å²) >= 11 is 1.55. The zero-order valence-electron chi connectivity index (χ0n) is 8.23. The first-order chi connectivity index (χ1) is 6.63. The molecule has 1 rings (SSSR count). The fourth-order valence-corrected chi connectivity index (χ4v) is 1.89. The molecule has 0 spiro atoms. The predicted octanol–water partition coefficient (Wildman–Crippen LogP) is 2.75. The Bertz CT molecular complexity index is 344. The van der Waals surface area contributed by atoms with E-state index in [1.54, 1.807) is 23.6 Å². The van der Waals surface area contributed by atoms with E-state index >= 15 is 0 Å². The van der Waals surface area contributed by atoms with Gasteiger partial charge in [-0.05, 0) is 12.5 Å². The summed E-state index contributed by atoms with van der Waals surface area (Å²) in [5.74, 6) is -0.476. The number of nitrogens with zero attached hydrogens (tertiary/aromatic N) is 1. The van der Waals surface area contributed by atoms with Crippen LogP contribution < -0.4 is 0 Å². The van der Waals surface area contributed by atoms with Gasteiger partial charge in [-0.15, -0.1) is 11.3 Å². The van der Waals surface area contributed by atoms with Gasteiger partial charge in [0.2, 0.25) is 0 Å². The number of hydrogen-bond acceptors (Lipinski definition) is 3. The molecule has 0 fully saturated rings. The topological polar surface area (TPSA) is 50.2 Å². The molecule has 1 aromatic heterocycles. The standard InChI is InChI=1S/C10H13NO2S/c1-3-7(2)10-11-6-8(14-10)4-5-9(12)13/h4-7H,3H2,1-2H3,(H,12,13)/b5-4+/t7-/m0/s1. The first kappa shape index (κ1) is 10.9. The molecule has 76 valence electrons. The third-order valence-electron chi connectivity index (χ3n) is 1.97. The maximum absolute atomic E-state index is 10.3. The molecule has 0 saturated carbocycles. The summed E-state index contributed by atoms with van der Waals surface area (Å²) in [4.78, 5) is 15.4. The Morgan fingerprint density at radius 3 is 3.07 bits per heavy atom. The molecule has 0 unspecified atom stereocenters. The van der Waals surface area contributed by atoms with Crippen LogP contribution in [0.15, 0.2) is 12.3 Å². The van der Waals surface area contributed by atoms with Crippen LogP contribution in [0.4, 0.5) is 0 Å². The number of aliphatic carboxylic acids is 1. The molecule has 0 bridgehead atoms. The van der Waals surface area contributed by atoms with Crippen LogP contribution in [0.1, 0.15) is 36.1 Å². The maximum Gasteiger partial charge on any atom is 0.328 e. The highest BCUT2D eigenvalue weighted by atomic mass is 32.1. The molecule has 0 aliphatic rings. The summed E-state index contributed by atoms with van der Waals surface area (Å²) in [5, 5.41) is 9.50. The van der Waals surface area contributed by atoms with Gasteiger partial charge in [0.15, 0.2) is 0 Å². The van der Waals surface area contributed by atoms with Crippen molar-refractivity contribution >= 4 is 23.4 Å². The van der Waals surface area contributed by atoms with Crippen molar-refractivity contribution in [3.8, 4) is 0 Å². The molecule has 1 aromatic rings. The van der Waals surface area contributed by atoms with E-state index in [0.29, 0.717) is 5.92 Å². The van der Waals surface area contributed by atoms with Gasteiger partial charge in [-0.2, -0.15) is 0 Å². The smallest absolute Gasteiger partial charge is 0.328 e. The predicted molar refractivity (Wildman–Crippen MR) is 57.5 cm³/mol. The van der Waals surface area contributed by atoms with E-state index in [2.05, 4.69) is 18.8 Å². The molecular weight excluding hydrogens is 198 g/mol. The Balaban J connectivity index is 2.73. The van der Waals surface area contributed by atoms with Gasteiger partial charge in [-0.25, -0.2) is 9.78 Å². The summed E-state index contributed by atoms with van der Waals surface area (Å²) in [5.41, 5.74) is 0. The molecule has 4 heteroatoms. The zero-order chi connectivity index (χ0) is 10.6. The van der Waals surface area contributed by atoms with Gasteiger partial charge in [-0.1, -0.05) is 13.8 Å². The fraction of sp³-hybridized carbons (Fsp3) is 0.400. The highest BCUT2D eigenvalue weighted by molar-refractivity contribution is 7.12. The lowest BCUT2D eigenvalue weighted by atomic mass is 10.1. The van der Waals surface area contributed by atoms with E-state index < -0.39 is 5.97 Å². The number of thiazole rings is 1. The van der Waals surface area contributed by atoms with Crippen LogP contribution in [0.3, 0.4) is 0 Å². The van der Waals surface area contributed by atoms with Crippen LogP contribution in [-0.4, -0.2) is 16.1 Å². The van der Waals surface area contributed by atoms with E-state index in [1.807, 2.05) is 0 Å². The number of rotatable bonds is 4. The molecule has 0 aliphatic carbocycles. The Hall–Kier alpha value is -1.16. The monoisotopic (exact) mass is 211 g/mol. The quantitative estimate of drug-likeness (QED) is 0.779. The summed E-state index contributed by atoms with van der Waals surface area (Å²) in [6.45, 7) is 4.22. The van der Waals surface area contributed by atoms with Gasteiger partial charge in [0.05, 0.1) is 5.01 Å². The van der Waals surface area contributed by atoms with E-state index in [9.17, 15) is 4.79 Å². The van der Waals surface area contributed by atoms with Crippen molar-refractivity contribution in [2.24, 2.45) is 0 Å². The number of hydrogen-bond donors (Lipinski definition) is 1. The molecule has 0 amide bonds. The van der Waals surface area contributed by atoms with Gasteiger partial charge < -0.3 is 5.11 Å². The molecule has 0 aliphatic heterocycles. The normalized spacial score (nSPS) is 13.3. The SMILES string of the molecule is CC[C@H](C)c1ncc(/C=C/C(=O)O)s1. The molecule has 14 heavy (non-hydrogen) atoms. The van der Waals surface area contributed by atoms with Gasteiger partial charge in [0.1, 0.15) is 0 Å². The lowest BCUT2D eigenvalue weighted by Crippen LogP contribution is -1.87. The molecule has 0 radical (unpaired) electrons. The summed E-state index contributed by atoms with van der Waals surface area (Å²) in [6, 6.07) is 0. The fourth-order valence-electron chi connectivity index (χ4n) is 0.934. The number of aromatic nitrogens is 1. The first-order valence-corrected chi connectivity index (χ1v) is 5.32. The first-order valence-electron chi connectivity index (χ1n) is 4.50. The van der Waals surface area contributed by atoms with Crippen molar-refractivity contribution in [3.63, 3.8) is 0 Å². The summed E-state index contributed by atoms with van der Waals surface area (Å²) in [6.07, 6.45) is 5.47. The molecular formula is C10H13NO2S. The average Bonchev–Trinajstić information content (AvgIpc) is 2.62. The minimum atomic E-state index is -0.927. The van der Waals surface area contributed by atoms with Crippen molar-refractivity contribution in [2.45, 2.75) is 26.2 Å². The molecule has 0 aromatic carbocycles. The molecule has 1 N–H and O–H groups in total. The second kappa shape index (κ2) is 4.91. The summed E-state index contributed by atoms with van der Waals surface area (Å²) in [7, 11) is 0. The van der Waals surface area contributed by atoms with E-state index in [4.69, 9.17) is 5.11 Å². The van der Waals surface area contributed by atoms with Crippen molar-refractivity contribution in [1.82, 2.24) is 4.98 Å². The summed E-state index contributed by atoms with van der Waals surface area (Å²) < 4.78 is 0. The van der Waals surface area contributed by atoms with Crippen LogP contribution in [-0.2, 0) is 4.79 Å². The van der Waals surface area contributed by atoms with E-state index in [-0.39, 0.29) is 0 Å². The minimum Gasteiger partial charge on any atom is -0.478 e. The van der Waals surface area contributed by atoms with Crippen molar-refractivity contribution < 1.29 is 9.90 Å². The van der Waals surface area contributed by atoms with E-state index in [0.717, 1.165) is 22.4 Å². The maximum atomic E-state index is 10.3. The molecule has 0 saturated heterocycles. The van der Waals surface area contributed by atoms with Crippen molar-refractivity contribution in [3.05, 3.63) is 22.2 Å². The van der Waals surface area contributed by atoms with E-state index in [1.165, 1.54) is 0 Å². The Morgan fingerprint density at radius 2 is 2.50 bits per heavy atom. The Labute approximate surface area is 87.1 Å². The van der Waals surface area contributed by atoms with Crippen LogP contribution in [0.25, 0.3) is 6.08 Å². The number of carboxylic acids is 1. The number of carbonyl (C=O) groups is 1. The molecule has 1 heterocycles. The zero-order valence-corrected chi connectivity index (χ0v) is 9.04. The second-order valence-electron chi connectivity index (χ2n) is 3.08. The lowest BCUT2D eigenvalue weighted by molar-refractivity contribution is -0.131. The van der Waals surface area contributed by atoms with Gasteiger partial charge in [-0.3, -0.25) is 0 Å². The van der Waals surface area contributed by atoms with Crippen LogP contribution in [0.2, 0.25) is 0 Å². The largest absolute Gasteiger partial charge is 0.478 e. The molecule has 1 atom stereocenters. The van der Waals surface area contributed by atoms with Crippen molar-refractivity contribution in [2.75, 3.05) is 0 Å². The Kier molecular flexibility index (Phi) is 3.83. The second-order valence-corrected chi connectivity index (χ2v) is 4.18. The van der Waals surface area contributed by atoms with Crippen LogP contribution >= 0.6 is 11.3 Å². The minimum absolute atomic E-state index is 0.451. The van der Waals surface area contributed by atoms with Crippen LogP contribution in [0.5, 0.6) is 0 Å². The number of carboxylic acid groups (broad SMARTS) is 1. The third-order valence-corrected chi connectivity index (χ3v) is 3.16.